The van der Waals surface area contributed by atoms with Gasteiger partial charge in [0, 0.05) is 19.6 Å². The Bertz CT molecular complexity index is 338. The van der Waals surface area contributed by atoms with Gasteiger partial charge in [-0.15, -0.1) is 0 Å². The Balaban J connectivity index is 2.18. The van der Waals surface area contributed by atoms with Gasteiger partial charge in [-0.3, -0.25) is 9.69 Å². The van der Waals surface area contributed by atoms with Gasteiger partial charge >= 0.3 is 5.97 Å². The zero-order chi connectivity index (χ0) is 15.3. The molecule has 21 heavy (non-hydrogen) atoms. The molecule has 1 aliphatic heterocycles. The Morgan fingerprint density at radius 3 is 2.71 bits per heavy atom. The van der Waals surface area contributed by atoms with E-state index in [1.54, 1.807) is 7.11 Å². The van der Waals surface area contributed by atoms with Crippen LogP contribution in [0.1, 0.15) is 52.4 Å². The van der Waals surface area contributed by atoms with Gasteiger partial charge in [-0.05, 0) is 44.1 Å². The maximum Gasteiger partial charge on any atom is 0.326 e. The van der Waals surface area contributed by atoms with E-state index in [2.05, 4.69) is 24.1 Å². The van der Waals surface area contributed by atoms with Gasteiger partial charge in [0.25, 0.3) is 0 Å². The monoisotopic (exact) mass is 296 g/mol. The van der Waals surface area contributed by atoms with Gasteiger partial charge in [0.15, 0.2) is 0 Å². The Hall–Kier alpha value is -0.610. The SMILES string of the molecule is COC(=O)C1(N2CCCNCC2)CCCC(C(C)C)CC1. The van der Waals surface area contributed by atoms with Gasteiger partial charge in [0.2, 0.25) is 0 Å². The lowest BCUT2D eigenvalue weighted by molar-refractivity contribution is -0.156. The van der Waals surface area contributed by atoms with Crippen LogP contribution in [-0.4, -0.2) is 49.7 Å². The fourth-order valence-corrected chi connectivity index (χ4v) is 4.13. The molecule has 0 bridgehead atoms. The molecule has 1 saturated heterocycles. The normalized spacial score (nSPS) is 32.5. The average molecular weight is 296 g/mol. The van der Waals surface area contributed by atoms with Crippen LogP contribution >= 0.6 is 0 Å². The predicted molar refractivity (Wildman–Crippen MR) is 85.2 cm³/mol. The van der Waals surface area contributed by atoms with Gasteiger partial charge in [0.1, 0.15) is 5.54 Å². The summed E-state index contributed by atoms with van der Waals surface area (Å²) in [5.74, 6) is 1.46. The van der Waals surface area contributed by atoms with Crippen molar-refractivity contribution in [1.82, 2.24) is 10.2 Å². The molecular weight excluding hydrogens is 264 g/mol. The second-order valence-corrected chi connectivity index (χ2v) is 7.05. The Kier molecular flexibility index (Phi) is 6.06. The summed E-state index contributed by atoms with van der Waals surface area (Å²) in [6.45, 7) is 8.63. The third-order valence-corrected chi connectivity index (χ3v) is 5.55. The molecule has 0 radical (unpaired) electrons. The van der Waals surface area contributed by atoms with E-state index in [-0.39, 0.29) is 11.5 Å². The predicted octanol–water partition coefficient (Wildman–Crippen LogP) is 2.43. The highest BCUT2D eigenvalue weighted by Gasteiger charge is 2.46. The number of hydrogen-bond donors (Lipinski definition) is 1. The molecule has 4 heteroatoms. The smallest absolute Gasteiger partial charge is 0.326 e. The summed E-state index contributed by atoms with van der Waals surface area (Å²) < 4.78 is 5.24. The van der Waals surface area contributed by atoms with Gasteiger partial charge in [-0.25, -0.2) is 0 Å². The standard InChI is InChI=1S/C17H32N2O2/c1-14(2)15-6-4-8-17(9-7-15,16(20)21-3)19-12-5-10-18-11-13-19/h14-15,18H,4-13H2,1-3H3. The Labute approximate surface area is 129 Å². The largest absolute Gasteiger partial charge is 0.468 e. The van der Waals surface area contributed by atoms with Crippen LogP contribution in [0.15, 0.2) is 0 Å². The summed E-state index contributed by atoms with van der Waals surface area (Å²) in [5, 5.41) is 3.44. The molecule has 2 unspecified atom stereocenters. The van der Waals surface area contributed by atoms with Crippen molar-refractivity contribution >= 4 is 5.97 Å². The third kappa shape index (κ3) is 3.78. The van der Waals surface area contributed by atoms with Crippen molar-refractivity contribution in [2.45, 2.75) is 57.9 Å². The maximum atomic E-state index is 12.6. The maximum absolute atomic E-state index is 12.6. The van der Waals surface area contributed by atoms with Crippen LogP contribution in [-0.2, 0) is 9.53 Å². The molecule has 0 aromatic carbocycles. The molecule has 4 nitrogen and oxygen atoms in total. The molecule has 1 saturated carbocycles. The van der Waals surface area contributed by atoms with E-state index in [1.807, 2.05) is 0 Å². The molecule has 122 valence electrons. The first kappa shape index (κ1) is 16.8. The van der Waals surface area contributed by atoms with Gasteiger partial charge in [-0.1, -0.05) is 26.7 Å². The summed E-state index contributed by atoms with van der Waals surface area (Å²) in [7, 11) is 1.55. The van der Waals surface area contributed by atoms with Crippen molar-refractivity contribution in [2.24, 2.45) is 11.8 Å². The number of hydrogen-bond acceptors (Lipinski definition) is 4. The lowest BCUT2D eigenvalue weighted by atomic mass is 9.85. The highest BCUT2D eigenvalue weighted by Crippen LogP contribution is 2.38. The Morgan fingerprint density at radius 1 is 1.19 bits per heavy atom. The number of nitrogens with zero attached hydrogens (tertiary/aromatic N) is 1. The molecule has 1 aliphatic carbocycles. The first-order chi connectivity index (χ1) is 10.1. The van der Waals surface area contributed by atoms with Crippen molar-refractivity contribution in [3.63, 3.8) is 0 Å². The minimum Gasteiger partial charge on any atom is -0.468 e. The van der Waals surface area contributed by atoms with Crippen LogP contribution in [0, 0.1) is 11.8 Å². The molecule has 1 N–H and O–H groups in total. The van der Waals surface area contributed by atoms with Gasteiger partial charge < -0.3 is 10.1 Å². The van der Waals surface area contributed by atoms with Crippen molar-refractivity contribution in [3.8, 4) is 0 Å². The number of ether oxygens (including phenoxy) is 1. The van der Waals surface area contributed by atoms with E-state index < -0.39 is 0 Å². The summed E-state index contributed by atoms with van der Waals surface area (Å²) in [6, 6.07) is 0. The molecule has 2 fully saturated rings. The molecule has 2 aliphatic rings. The molecule has 0 aromatic heterocycles. The number of nitrogens with one attached hydrogen (secondary N) is 1. The molecule has 2 rings (SSSR count). The van der Waals surface area contributed by atoms with Crippen molar-refractivity contribution in [3.05, 3.63) is 0 Å². The summed E-state index contributed by atoms with van der Waals surface area (Å²) in [5.41, 5.74) is -0.371. The van der Waals surface area contributed by atoms with E-state index in [1.165, 1.54) is 6.42 Å². The minimum atomic E-state index is -0.371. The van der Waals surface area contributed by atoms with Crippen molar-refractivity contribution in [1.29, 1.82) is 0 Å². The second-order valence-electron chi connectivity index (χ2n) is 7.05. The lowest BCUT2D eigenvalue weighted by Gasteiger charge is -2.40. The fourth-order valence-electron chi connectivity index (χ4n) is 4.13. The first-order valence-corrected chi connectivity index (χ1v) is 8.64. The lowest BCUT2D eigenvalue weighted by Crippen LogP contribution is -2.56. The third-order valence-electron chi connectivity index (χ3n) is 5.55. The summed E-state index contributed by atoms with van der Waals surface area (Å²) in [6.07, 6.45) is 6.58. The first-order valence-electron chi connectivity index (χ1n) is 8.64. The van der Waals surface area contributed by atoms with Gasteiger partial charge in [-0.2, -0.15) is 0 Å². The number of carbonyl (C=O) groups is 1. The number of carbonyl (C=O) groups excluding carboxylic acids is 1. The van der Waals surface area contributed by atoms with Crippen LogP contribution in [0.2, 0.25) is 0 Å². The highest BCUT2D eigenvalue weighted by molar-refractivity contribution is 5.80. The zero-order valence-corrected chi connectivity index (χ0v) is 14.0. The molecule has 0 amide bonds. The van der Waals surface area contributed by atoms with Gasteiger partial charge in [0.05, 0.1) is 7.11 Å². The molecular formula is C17H32N2O2. The minimum absolute atomic E-state index is 0.00574. The molecule has 2 atom stereocenters. The molecule has 0 spiro atoms. The summed E-state index contributed by atoms with van der Waals surface area (Å²) >= 11 is 0. The summed E-state index contributed by atoms with van der Waals surface area (Å²) in [4.78, 5) is 15.1. The van der Waals surface area contributed by atoms with E-state index >= 15 is 0 Å². The van der Waals surface area contributed by atoms with Crippen LogP contribution in [0.25, 0.3) is 0 Å². The quantitative estimate of drug-likeness (QED) is 0.641. The topological polar surface area (TPSA) is 41.6 Å². The number of rotatable bonds is 3. The fraction of sp³-hybridized carbons (Fsp3) is 0.941. The number of esters is 1. The van der Waals surface area contributed by atoms with Crippen LogP contribution < -0.4 is 5.32 Å². The van der Waals surface area contributed by atoms with Crippen molar-refractivity contribution in [2.75, 3.05) is 33.3 Å². The molecule has 1 heterocycles. The van der Waals surface area contributed by atoms with Crippen LogP contribution in [0.3, 0.4) is 0 Å². The Morgan fingerprint density at radius 2 is 2.00 bits per heavy atom. The van der Waals surface area contributed by atoms with Crippen LogP contribution in [0.4, 0.5) is 0 Å². The molecule has 0 aromatic rings. The zero-order valence-electron chi connectivity index (χ0n) is 14.0. The highest BCUT2D eigenvalue weighted by atomic mass is 16.5. The van der Waals surface area contributed by atoms with Crippen molar-refractivity contribution < 1.29 is 9.53 Å². The number of methoxy groups -OCH3 is 1. The average Bonchev–Trinajstić information content (AvgIpc) is 2.87. The van der Waals surface area contributed by atoms with E-state index in [0.29, 0.717) is 5.92 Å². The van der Waals surface area contributed by atoms with E-state index in [4.69, 9.17) is 4.74 Å². The van der Waals surface area contributed by atoms with E-state index in [0.717, 1.165) is 64.2 Å². The second kappa shape index (κ2) is 7.59. The van der Waals surface area contributed by atoms with E-state index in [9.17, 15) is 4.79 Å². The van der Waals surface area contributed by atoms with Crippen LogP contribution in [0.5, 0.6) is 0 Å².